The summed E-state index contributed by atoms with van der Waals surface area (Å²) >= 11 is 0. The maximum Gasteiger partial charge on any atom is 0.303 e. The second-order valence-electron chi connectivity index (χ2n) is 6.11. The number of hydrogen-bond acceptors (Lipinski definition) is 6. The molecule has 1 aliphatic heterocycles. The predicted molar refractivity (Wildman–Crippen MR) is 102 cm³/mol. The van der Waals surface area contributed by atoms with Gasteiger partial charge in [-0.3, -0.25) is 24.6 Å². The Labute approximate surface area is 161 Å². The lowest BCUT2D eigenvalue weighted by molar-refractivity contribution is -0.384. The lowest BCUT2D eigenvalue weighted by atomic mass is 9.94. The summed E-state index contributed by atoms with van der Waals surface area (Å²) in [5, 5.41) is 11.4. The topological polar surface area (TPSA) is 99.0 Å². The van der Waals surface area contributed by atoms with E-state index < -0.39 is 28.9 Å². The number of β-lactam (4-membered cyclic amide) rings is 1. The van der Waals surface area contributed by atoms with Crippen molar-refractivity contribution in [3.8, 4) is 5.75 Å². The van der Waals surface area contributed by atoms with Crippen molar-refractivity contribution in [2.45, 2.75) is 19.1 Å². The van der Waals surface area contributed by atoms with Gasteiger partial charge in [-0.15, -0.1) is 0 Å². The summed E-state index contributed by atoms with van der Waals surface area (Å²) in [6.07, 6.45) is 2.42. The zero-order chi connectivity index (χ0) is 20.3. The van der Waals surface area contributed by atoms with Gasteiger partial charge in [0.1, 0.15) is 17.5 Å². The highest BCUT2D eigenvalue weighted by molar-refractivity contribution is 6.08. The summed E-state index contributed by atoms with van der Waals surface area (Å²) in [6.45, 7) is 1.21. The van der Waals surface area contributed by atoms with E-state index >= 15 is 0 Å². The molecule has 1 amide bonds. The minimum atomic E-state index is -1.04. The van der Waals surface area contributed by atoms with Crippen LogP contribution >= 0.6 is 0 Å². The molecule has 2 aromatic rings. The van der Waals surface area contributed by atoms with Crippen LogP contribution in [0.3, 0.4) is 0 Å². The molecule has 0 spiro atoms. The lowest BCUT2D eigenvalue weighted by Gasteiger charge is -2.44. The van der Waals surface area contributed by atoms with E-state index in [-0.39, 0.29) is 11.4 Å². The van der Waals surface area contributed by atoms with Gasteiger partial charge in [0.15, 0.2) is 0 Å². The first-order valence-corrected chi connectivity index (χ1v) is 8.48. The Balaban J connectivity index is 2.00. The highest BCUT2D eigenvalue weighted by Crippen LogP contribution is 2.39. The molecule has 0 aromatic heterocycles. The number of carbonyl (C=O) groups excluding carboxylic acids is 2. The first-order valence-electron chi connectivity index (χ1n) is 8.48. The fourth-order valence-electron chi connectivity index (χ4n) is 3.00. The van der Waals surface area contributed by atoms with E-state index in [1.807, 2.05) is 30.3 Å². The number of nitro benzene ring substituents is 1. The molecule has 2 atom stereocenters. The first-order chi connectivity index (χ1) is 13.4. The van der Waals surface area contributed by atoms with Crippen LogP contribution in [0.15, 0.2) is 54.6 Å². The quantitative estimate of drug-likeness (QED) is 0.330. The monoisotopic (exact) mass is 382 g/mol. The molecule has 1 heterocycles. The highest BCUT2D eigenvalue weighted by atomic mass is 16.6. The minimum Gasteiger partial charge on any atom is -0.497 e. The second kappa shape index (κ2) is 7.91. The number of methoxy groups -OCH3 is 1. The number of hydrogen-bond donors (Lipinski definition) is 0. The van der Waals surface area contributed by atoms with Crippen molar-refractivity contribution in [2.75, 3.05) is 12.0 Å². The van der Waals surface area contributed by atoms with Crippen LogP contribution in [0.5, 0.6) is 5.75 Å². The average Bonchev–Trinajstić information content (AvgIpc) is 2.69. The van der Waals surface area contributed by atoms with Gasteiger partial charge in [-0.05, 0) is 11.6 Å². The number of ether oxygens (including phenoxy) is 2. The fourth-order valence-corrected chi connectivity index (χ4v) is 3.00. The molecular weight excluding hydrogens is 364 g/mol. The van der Waals surface area contributed by atoms with Crippen LogP contribution < -0.4 is 9.64 Å². The van der Waals surface area contributed by atoms with Crippen molar-refractivity contribution in [1.82, 2.24) is 0 Å². The number of nitro groups is 1. The van der Waals surface area contributed by atoms with E-state index in [1.54, 1.807) is 12.2 Å². The predicted octanol–water partition coefficient (Wildman–Crippen LogP) is 2.96. The van der Waals surface area contributed by atoms with Crippen LogP contribution in [0.2, 0.25) is 0 Å². The third-order valence-corrected chi connectivity index (χ3v) is 4.31. The molecule has 0 saturated carbocycles. The van der Waals surface area contributed by atoms with Crippen LogP contribution in [-0.4, -0.2) is 36.1 Å². The summed E-state index contributed by atoms with van der Waals surface area (Å²) in [4.78, 5) is 36.1. The standard InChI is InChI=1S/C20H18N2O6/c1-13(23)28-19-17(10-8-14-6-4-3-5-7-14)21(20(19)24)18-12-15(27-2)9-11-16(18)22(25)26/h3-12,17,19H,1-2H3/b10-8+/t17-,19+/m1/s1. The van der Waals surface area contributed by atoms with E-state index in [1.165, 1.54) is 37.1 Å². The van der Waals surface area contributed by atoms with Gasteiger partial charge < -0.3 is 9.47 Å². The first kappa shape index (κ1) is 19.1. The molecule has 0 unspecified atom stereocenters. The number of benzene rings is 2. The summed E-state index contributed by atoms with van der Waals surface area (Å²) in [7, 11) is 1.43. The fraction of sp³-hybridized carbons (Fsp3) is 0.200. The summed E-state index contributed by atoms with van der Waals surface area (Å²) in [5.74, 6) is -0.763. The van der Waals surface area contributed by atoms with Gasteiger partial charge in [-0.25, -0.2) is 0 Å². The largest absolute Gasteiger partial charge is 0.497 e. The third-order valence-electron chi connectivity index (χ3n) is 4.31. The zero-order valence-electron chi connectivity index (χ0n) is 15.3. The molecule has 0 N–H and O–H groups in total. The van der Waals surface area contributed by atoms with Crippen molar-refractivity contribution < 1.29 is 24.0 Å². The number of esters is 1. The normalized spacial score (nSPS) is 18.6. The number of nitrogens with zero attached hydrogens (tertiary/aromatic N) is 2. The van der Waals surface area contributed by atoms with Crippen LogP contribution in [0.4, 0.5) is 11.4 Å². The van der Waals surface area contributed by atoms with Crippen molar-refractivity contribution in [1.29, 1.82) is 0 Å². The maximum atomic E-state index is 12.6. The third kappa shape index (κ3) is 3.71. The Morgan fingerprint density at radius 3 is 2.54 bits per heavy atom. The molecule has 1 aliphatic rings. The Kier molecular flexibility index (Phi) is 5.39. The van der Waals surface area contributed by atoms with Crippen molar-refractivity contribution in [3.05, 3.63) is 70.3 Å². The number of rotatable bonds is 6. The van der Waals surface area contributed by atoms with Crippen molar-refractivity contribution in [2.24, 2.45) is 0 Å². The smallest absolute Gasteiger partial charge is 0.303 e. The highest BCUT2D eigenvalue weighted by Gasteiger charge is 2.51. The lowest BCUT2D eigenvalue weighted by Crippen LogP contribution is -2.65. The summed E-state index contributed by atoms with van der Waals surface area (Å²) < 4.78 is 10.3. The molecule has 1 fully saturated rings. The zero-order valence-corrected chi connectivity index (χ0v) is 15.3. The van der Waals surface area contributed by atoms with Gasteiger partial charge >= 0.3 is 5.97 Å². The maximum absolute atomic E-state index is 12.6. The van der Waals surface area contributed by atoms with Crippen LogP contribution in [0.1, 0.15) is 12.5 Å². The van der Waals surface area contributed by atoms with Gasteiger partial charge in [0, 0.05) is 19.1 Å². The van der Waals surface area contributed by atoms with Gasteiger partial charge in [0.2, 0.25) is 6.10 Å². The van der Waals surface area contributed by atoms with Crippen LogP contribution in [-0.2, 0) is 14.3 Å². The molecule has 8 nitrogen and oxygen atoms in total. The van der Waals surface area contributed by atoms with E-state index in [4.69, 9.17) is 9.47 Å². The van der Waals surface area contributed by atoms with E-state index in [0.29, 0.717) is 5.75 Å². The Hall–Kier alpha value is -3.68. The van der Waals surface area contributed by atoms with E-state index in [9.17, 15) is 19.7 Å². The molecule has 28 heavy (non-hydrogen) atoms. The molecule has 1 saturated heterocycles. The van der Waals surface area contributed by atoms with Crippen LogP contribution in [0, 0.1) is 10.1 Å². The summed E-state index contributed by atoms with van der Waals surface area (Å²) in [5.41, 5.74) is 0.720. The van der Waals surface area contributed by atoms with Gasteiger partial charge in [-0.1, -0.05) is 42.5 Å². The van der Waals surface area contributed by atoms with Crippen molar-refractivity contribution >= 4 is 29.3 Å². The molecule has 2 aromatic carbocycles. The molecule has 144 valence electrons. The Bertz CT molecular complexity index is 941. The van der Waals surface area contributed by atoms with Gasteiger partial charge in [0.25, 0.3) is 11.6 Å². The molecule has 8 heteroatoms. The number of anilines is 1. The average molecular weight is 382 g/mol. The van der Waals surface area contributed by atoms with Gasteiger partial charge in [-0.2, -0.15) is 0 Å². The number of carbonyl (C=O) groups is 2. The Morgan fingerprint density at radius 1 is 1.21 bits per heavy atom. The van der Waals surface area contributed by atoms with Gasteiger partial charge in [0.05, 0.1) is 12.0 Å². The molecule has 3 rings (SSSR count). The Morgan fingerprint density at radius 2 is 1.93 bits per heavy atom. The van der Waals surface area contributed by atoms with E-state index in [2.05, 4.69) is 0 Å². The minimum absolute atomic E-state index is 0.0838. The van der Waals surface area contributed by atoms with Crippen LogP contribution in [0.25, 0.3) is 6.08 Å². The molecule has 0 aliphatic carbocycles. The molecular formula is C20H18N2O6. The van der Waals surface area contributed by atoms with Crippen molar-refractivity contribution in [3.63, 3.8) is 0 Å². The summed E-state index contributed by atoms with van der Waals surface area (Å²) in [6, 6.07) is 12.8. The second-order valence-corrected chi connectivity index (χ2v) is 6.11. The molecule has 0 bridgehead atoms. The number of amides is 1. The molecule has 0 radical (unpaired) electrons. The SMILES string of the molecule is COc1ccc([N+](=O)[O-])c(N2C(=O)[C@@H](OC(C)=O)[C@H]2/C=C/c2ccccc2)c1. The van der Waals surface area contributed by atoms with E-state index in [0.717, 1.165) is 5.56 Å².